The van der Waals surface area contributed by atoms with Gasteiger partial charge in [0, 0.05) is 12.7 Å². The molecule has 0 saturated carbocycles. The second-order valence-corrected chi connectivity index (χ2v) is 3.21. The molecule has 0 radical (unpaired) electrons. The minimum absolute atomic E-state index is 0.0400. The van der Waals surface area contributed by atoms with Crippen LogP contribution in [0.2, 0.25) is 5.15 Å². The van der Waals surface area contributed by atoms with Crippen molar-refractivity contribution >= 4 is 17.6 Å². The van der Waals surface area contributed by atoms with Crippen LogP contribution in [0.25, 0.3) is 0 Å². The summed E-state index contributed by atoms with van der Waals surface area (Å²) in [6, 6.07) is 0. The SMILES string of the molecule is COC(=O)c1cnc(Cl)c(C(F)F)c1CN. The predicted molar refractivity (Wildman–Crippen MR) is 53.4 cm³/mol. The minimum atomic E-state index is -2.84. The molecule has 0 aliphatic heterocycles. The number of alkyl halides is 2. The molecule has 0 bridgehead atoms. The quantitative estimate of drug-likeness (QED) is 0.657. The number of nitrogens with zero attached hydrogens (tertiary/aromatic N) is 1. The Balaban J connectivity index is 3.42. The van der Waals surface area contributed by atoms with E-state index in [9.17, 15) is 13.6 Å². The highest BCUT2D eigenvalue weighted by Gasteiger charge is 2.23. The van der Waals surface area contributed by atoms with Crippen molar-refractivity contribution < 1.29 is 18.3 Å². The lowest BCUT2D eigenvalue weighted by Gasteiger charge is -2.12. The molecule has 0 aliphatic carbocycles. The highest BCUT2D eigenvalue weighted by Crippen LogP contribution is 2.30. The molecule has 0 spiro atoms. The first-order valence-corrected chi connectivity index (χ1v) is 4.64. The fourth-order valence-electron chi connectivity index (χ4n) is 1.27. The molecular formula is C9H9ClF2N2O2. The molecule has 1 rings (SSSR count). The topological polar surface area (TPSA) is 65.2 Å². The van der Waals surface area contributed by atoms with E-state index in [0.717, 1.165) is 13.3 Å². The standard InChI is InChI=1S/C9H9ClF2N2O2/c1-16-9(15)5-3-14-7(10)6(8(11)12)4(5)2-13/h3,8H,2,13H2,1H3. The number of pyridine rings is 1. The highest BCUT2D eigenvalue weighted by molar-refractivity contribution is 6.30. The largest absolute Gasteiger partial charge is 0.465 e. The lowest BCUT2D eigenvalue weighted by atomic mass is 10.0. The molecule has 0 saturated heterocycles. The highest BCUT2D eigenvalue weighted by atomic mass is 35.5. The van der Waals surface area contributed by atoms with Crippen LogP contribution in [0, 0.1) is 0 Å². The summed E-state index contributed by atoms with van der Waals surface area (Å²) < 4.78 is 29.8. The van der Waals surface area contributed by atoms with Gasteiger partial charge in [0.15, 0.2) is 0 Å². The van der Waals surface area contributed by atoms with Gasteiger partial charge in [-0.15, -0.1) is 0 Å². The van der Waals surface area contributed by atoms with Crippen molar-refractivity contribution in [1.82, 2.24) is 4.98 Å². The van der Waals surface area contributed by atoms with Crippen molar-refractivity contribution in [2.45, 2.75) is 13.0 Å². The Morgan fingerprint density at radius 2 is 2.31 bits per heavy atom. The maximum absolute atomic E-state index is 12.7. The van der Waals surface area contributed by atoms with Crippen molar-refractivity contribution in [1.29, 1.82) is 0 Å². The number of esters is 1. The van der Waals surface area contributed by atoms with E-state index in [4.69, 9.17) is 17.3 Å². The number of methoxy groups -OCH3 is 1. The number of rotatable bonds is 3. The summed E-state index contributed by atoms with van der Waals surface area (Å²) >= 11 is 5.52. The zero-order valence-corrected chi connectivity index (χ0v) is 9.09. The van der Waals surface area contributed by atoms with Crippen LogP contribution in [0.15, 0.2) is 6.20 Å². The van der Waals surface area contributed by atoms with Crippen LogP contribution in [-0.4, -0.2) is 18.1 Å². The van der Waals surface area contributed by atoms with Crippen LogP contribution in [0.3, 0.4) is 0 Å². The van der Waals surface area contributed by atoms with E-state index in [2.05, 4.69) is 9.72 Å². The summed E-state index contributed by atoms with van der Waals surface area (Å²) in [7, 11) is 1.14. The molecule has 0 unspecified atom stereocenters. The number of nitrogens with two attached hydrogens (primary N) is 1. The average Bonchev–Trinajstić information content (AvgIpc) is 2.26. The second kappa shape index (κ2) is 5.18. The fourth-order valence-corrected chi connectivity index (χ4v) is 1.51. The van der Waals surface area contributed by atoms with Crippen molar-refractivity contribution in [3.63, 3.8) is 0 Å². The molecule has 88 valence electrons. The Morgan fingerprint density at radius 1 is 1.69 bits per heavy atom. The van der Waals surface area contributed by atoms with E-state index in [1.165, 1.54) is 0 Å². The van der Waals surface area contributed by atoms with Gasteiger partial charge in [-0.25, -0.2) is 18.6 Å². The van der Waals surface area contributed by atoms with Gasteiger partial charge >= 0.3 is 5.97 Å². The summed E-state index contributed by atoms with van der Waals surface area (Å²) in [4.78, 5) is 14.8. The zero-order valence-electron chi connectivity index (χ0n) is 8.34. The van der Waals surface area contributed by atoms with Crippen LogP contribution in [0.1, 0.15) is 27.9 Å². The number of ether oxygens (including phenoxy) is 1. The smallest absolute Gasteiger partial charge is 0.339 e. The average molecular weight is 251 g/mol. The first-order valence-electron chi connectivity index (χ1n) is 4.26. The van der Waals surface area contributed by atoms with Crippen molar-refractivity contribution in [3.05, 3.63) is 28.0 Å². The van der Waals surface area contributed by atoms with E-state index >= 15 is 0 Å². The molecular weight excluding hydrogens is 242 g/mol. The second-order valence-electron chi connectivity index (χ2n) is 2.85. The van der Waals surface area contributed by atoms with E-state index in [0.29, 0.717) is 0 Å². The van der Waals surface area contributed by atoms with Gasteiger partial charge in [-0.2, -0.15) is 0 Å². The number of carbonyl (C=O) groups is 1. The Kier molecular flexibility index (Phi) is 4.14. The van der Waals surface area contributed by atoms with Gasteiger partial charge in [0.25, 0.3) is 6.43 Å². The Labute approximate surface area is 95.4 Å². The van der Waals surface area contributed by atoms with Crippen molar-refractivity contribution in [3.8, 4) is 0 Å². The monoisotopic (exact) mass is 250 g/mol. The maximum Gasteiger partial charge on any atom is 0.339 e. The summed E-state index contributed by atoms with van der Waals surface area (Å²) in [5, 5.41) is -0.358. The summed E-state index contributed by atoms with van der Waals surface area (Å²) in [6.07, 6.45) is -1.77. The third-order valence-corrected chi connectivity index (χ3v) is 2.31. The number of aromatic nitrogens is 1. The zero-order chi connectivity index (χ0) is 12.3. The summed E-state index contributed by atoms with van der Waals surface area (Å²) in [5.74, 6) is -0.772. The molecule has 1 aromatic rings. The van der Waals surface area contributed by atoms with E-state index in [-0.39, 0.29) is 22.8 Å². The van der Waals surface area contributed by atoms with Gasteiger partial charge < -0.3 is 10.5 Å². The molecule has 0 amide bonds. The van der Waals surface area contributed by atoms with Gasteiger partial charge in [0.2, 0.25) is 0 Å². The first kappa shape index (κ1) is 12.8. The molecule has 0 aromatic carbocycles. The molecule has 1 aromatic heterocycles. The molecule has 1 heterocycles. The van der Waals surface area contributed by atoms with Crippen molar-refractivity contribution in [2.24, 2.45) is 5.73 Å². The van der Waals surface area contributed by atoms with Gasteiger partial charge in [-0.05, 0) is 5.56 Å². The molecule has 4 nitrogen and oxygen atoms in total. The van der Waals surface area contributed by atoms with Crippen LogP contribution in [0.5, 0.6) is 0 Å². The predicted octanol–water partition coefficient (Wildman–Crippen LogP) is 1.92. The van der Waals surface area contributed by atoms with Gasteiger partial charge in [0.1, 0.15) is 5.15 Å². The van der Waals surface area contributed by atoms with Crippen LogP contribution < -0.4 is 5.73 Å². The molecule has 0 atom stereocenters. The van der Waals surface area contributed by atoms with Crippen LogP contribution >= 0.6 is 11.6 Å². The van der Waals surface area contributed by atoms with E-state index in [1.54, 1.807) is 0 Å². The van der Waals surface area contributed by atoms with Crippen molar-refractivity contribution in [2.75, 3.05) is 7.11 Å². The van der Waals surface area contributed by atoms with Gasteiger partial charge in [0.05, 0.1) is 18.2 Å². The lowest BCUT2D eigenvalue weighted by molar-refractivity contribution is 0.0598. The third kappa shape index (κ3) is 2.28. The van der Waals surface area contributed by atoms with Crippen LogP contribution in [0.4, 0.5) is 8.78 Å². The maximum atomic E-state index is 12.7. The normalized spacial score (nSPS) is 10.6. The Hall–Kier alpha value is -1.27. The summed E-state index contributed by atoms with van der Waals surface area (Å²) in [6.45, 7) is -0.244. The Bertz CT molecular complexity index is 413. The number of halogens is 3. The molecule has 16 heavy (non-hydrogen) atoms. The summed E-state index contributed by atoms with van der Waals surface area (Å²) in [5.41, 5.74) is 4.67. The minimum Gasteiger partial charge on any atom is -0.465 e. The number of hydrogen-bond donors (Lipinski definition) is 1. The number of carbonyl (C=O) groups excluding carboxylic acids is 1. The molecule has 2 N–H and O–H groups in total. The molecule has 7 heteroatoms. The lowest BCUT2D eigenvalue weighted by Crippen LogP contribution is -2.13. The molecule has 0 fully saturated rings. The van der Waals surface area contributed by atoms with E-state index < -0.39 is 18.0 Å². The Morgan fingerprint density at radius 3 is 2.75 bits per heavy atom. The van der Waals surface area contributed by atoms with Gasteiger partial charge in [-0.3, -0.25) is 0 Å². The van der Waals surface area contributed by atoms with Gasteiger partial charge in [-0.1, -0.05) is 11.6 Å². The number of hydrogen-bond acceptors (Lipinski definition) is 4. The van der Waals surface area contributed by atoms with E-state index in [1.807, 2.05) is 0 Å². The molecule has 0 aliphatic rings. The van der Waals surface area contributed by atoms with Crippen LogP contribution in [-0.2, 0) is 11.3 Å². The fraction of sp³-hybridized carbons (Fsp3) is 0.333. The first-order chi connectivity index (χ1) is 7.52. The third-order valence-electron chi connectivity index (χ3n) is 2.01.